The molecule has 2 unspecified atom stereocenters. The molecule has 0 aromatic carbocycles. The van der Waals surface area contributed by atoms with E-state index in [1.807, 2.05) is 17.1 Å². The minimum atomic E-state index is -0.631. The lowest BCUT2D eigenvalue weighted by Gasteiger charge is -2.43. The van der Waals surface area contributed by atoms with Gasteiger partial charge in [0.2, 0.25) is 0 Å². The highest BCUT2D eigenvalue weighted by Crippen LogP contribution is 2.49. The Kier molecular flexibility index (Phi) is 3.18. The second-order valence-electron chi connectivity index (χ2n) is 6.05. The molecule has 0 spiro atoms. The predicted molar refractivity (Wildman–Crippen MR) is 74.8 cm³/mol. The van der Waals surface area contributed by atoms with Crippen LogP contribution in [0.15, 0.2) is 12.4 Å². The third-order valence-electron chi connectivity index (χ3n) is 4.24. The summed E-state index contributed by atoms with van der Waals surface area (Å²) in [5, 5.41) is 16.6. The van der Waals surface area contributed by atoms with E-state index in [2.05, 4.69) is 30.7 Å². The highest BCUT2D eigenvalue weighted by atomic mass is 32.2. The summed E-state index contributed by atoms with van der Waals surface area (Å²) >= 11 is 2.10. The zero-order valence-electron chi connectivity index (χ0n) is 11.2. The van der Waals surface area contributed by atoms with Crippen LogP contribution in [0, 0.1) is 0 Å². The third-order valence-corrected chi connectivity index (χ3v) is 5.81. The summed E-state index contributed by atoms with van der Waals surface area (Å²) in [5.74, 6) is 0. The summed E-state index contributed by atoms with van der Waals surface area (Å²) in [5.41, 5.74) is 0.391. The van der Waals surface area contributed by atoms with Crippen LogP contribution in [-0.2, 0) is 5.60 Å². The van der Waals surface area contributed by atoms with Gasteiger partial charge in [-0.3, -0.25) is 4.68 Å². The van der Waals surface area contributed by atoms with Crippen molar-refractivity contribution in [3.8, 4) is 0 Å². The zero-order valence-corrected chi connectivity index (χ0v) is 12.0. The normalized spacial score (nSPS) is 36.0. The van der Waals surface area contributed by atoms with Crippen LogP contribution in [0.25, 0.3) is 0 Å². The zero-order chi connectivity index (χ0) is 12.8. The van der Waals surface area contributed by atoms with Gasteiger partial charge in [-0.1, -0.05) is 6.42 Å². The molecule has 1 N–H and O–H groups in total. The molecule has 3 nitrogen and oxygen atoms in total. The fourth-order valence-electron chi connectivity index (χ4n) is 3.21. The van der Waals surface area contributed by atoms with E-state index < -0.39 is 5.60 Å². The predicted octanol–water partition coefficient (Wildman–Crippen LogP) is 3.10. The molecule has 0 saturated carbocycles. The molecule has 2 aliphatic rings. The first kappa shape index (κ1) is 12.5. The first-order valence-electron chi connectivity index (χ1n) is 6.99. The van der Waals surface area contributed by atoms with Gasteiger partial charge in [-0.05, 0) is 39.5 Å². The van der Waals surface area contributed by atoms with Gasteiger partial charge in [-0.25, -0.2) is 0 Å². The molecule has 0 radical (unpaired) electrons. The van der Waals surface area contributed by atoms with Gasteiger partial charge in [-0.2, -0.15) is 16.9 Å². The molecule has 2 saturated heterocycles. The molecule has 0 amide bonds. The molecular weight excluding hydrogens is 244 g/mol. The minimum absolute atomic E-state index is 0.361. The van der Waals surface area contributed by atoms with E-state index in [9.17, 15) is 5.11 Å². The maximum absolute atomic E-state index is 11.0. The van der Waals surface area contributed by atoms with Crippen molar-refractivity contribution < 1.29 is 5.11 Å². The van der Waals surface area contributed by atoms with E-state index in [1.165, 1.54) is 19.3 Å². The number of thioether (sulfide) groups is 1. The Morgan fingerprint density at radius 2 is 2.06 bits per heavy atom. The summed E-state index contributed by atoms with van der Waals surface area (Å²) < 4.78 is 1.95. The van der Waals surface area contributed by atoms with Crippen molar-refractivity contribution in [2.24, 2.45) is 0 Å². The summed E-state index contributed by atoms with van der Waals surface area (Å²) in [6.07, 6.45) is 9.57. The largest absolute Gasteiger partial charge is 0.385 e. The Labute approximate surface area is 113 Å². The summed E-state index contributed by atoms with van der Waals surface area (Å²) in [6, 6.07) is 0.361. The second-order valence-corrected chi connectivity index (χ2v) is 7.66. The van der Waals surface area contributed by atoms with E-state index in [-0.39, 0.29) is 0 Å². The van der Waals surface area contributed by atoms with Gasteiger partial charge in [0, 0.05) is 28.3 Å². The standard InChI is InChI=1S/C14H22N2OS/c1-10(2)16-9-11(8-15-16)14(17)6-12-4-3-5-13(7-14)18-12/h8-10,12-13,17H,3-7H2,1-2H3. The number of hydrogen-bond acceptors (Lipinski definition) is 3. The minimum Gasteiger partial charge on any atom is -0.385 e. The highest BCUT2D eigenvalue weighted by Gasteiger charge is 2.43. The van der Waals surface area contributed by atoms with Gasteiger partial charge < -0.3 is 5.11 Å². The Bertz CT molecular complexity index is 417. The van der Waals surface area contributed by atoms with Crippen LogP contribution in [0.1, 0.15) is 57.6 Å². The molecule has 2 atom stereocenters. The van der Waals surface area contributed by atoms with E-state index in [1.54, 1.807) is 0 Å². The van der Waals surface area contributed by atoms with E-state index >= 15 is 0 Å². The average Bonchev–Trinajstić information content (AvgIpc) is 2.78. The topological polar surface area (TPSA) is 38.0 Å². The van der Waals surface area contributed by atoms with Crippen LogP contribution >= 0.6 is 11.8 Å². The van der Waals surface area contributed by atoms with Crippen molar-refractivity contribution in [2.75, 3.05) is 0 Å². The lowest BCUT2D eigenvalue weighted by atomic mass is 9.82. The van der Waals surface area contributed by atoms with Crippen molar-refractivity contribution in [2.45, 2.75) is 68.1 Å². The molecule has 0 aliphatic carbocycles. The first-order chi connectivity index (χ1) is 8.57. The summed E-state index contributed by atoms with van der Waals surface area (Å²) in [7, 11) is 0. The SMILES string of the molecule is CC(C)n1cc(C2(O)CC3CCCC(C2)S3)cn1. The third kappa shape index (κ3) is 2.21. The van der Waals surface area contributed by atoms with E-state index in [4.69, 9.17) is 0 Å². The van der Waals surface area contributed by atoms with E-state index in [0.717, 1.165) is 18.4 Å². The van der Waals surface area contributed by atoms with Crippen LogP contribution in [0.2, 0.25) is 0 Å². The molecule has 18 heavy (non-hydrogen) atoms. The Morgan fingerprint density at radius 3 is 2.61 bits per heavy atom. The fourth-order valence-corrected chi connectivity index (χ4v) is 5.11. The monoisotopic (exact) mass is 266 g/mol. The molecule has 4 heteroatoms. The fraction of sp³-hybridized carbons (Fsp3) is 0.786. The molecule has 2 fully saturated rings. The van der Waals surface area contributed by atoms with Crippen LogP contribution in [-0.4, -0.2) is 25.4 Å². The molecule has 1 aromatic rings. The number of fused-ring (bicyclic) bond motifs is 2. The number of nitrogens with zero attached hydrogens (tertiary/aromatic N) is 2. The lowest BCUT2D eigenvalue weighted by molar-refractivity contribution is 0.00803. The van der Waals surface area contributed by atoms with Gasteiger partial charge in [0.25, 0.3) is 0 Å². The molecule has 2 aliphatic heterocycles. The first-order valence-corrected chi connectivity index (χ1v) is 7.93. The van der Waals surface area contributed by atoms with Gasteiger partial charge in [0.15, 0.2) is 0 Å². The van der Waals surface area contributed by atoms with Crippen LogP contribution < -0.4 is 0 Å². The summed E-state index contributed by atoms with van der Waals surface area (Å²) in [6.45, 7) is 4.23. The maximum Gasteiger partial charge on any atom is 0.0947 e. The van der Waals surface area contributed by atoms with Crippen LogP contribution in [0.3, 0.4) is 0 Å². The van der Waals surface area contributed by atoms with Crippen molar-refractivity contribution in [1.82, 2.24) is 9.78 Å². The molecule has 3 rings (SSSR count). The number of hydrogen-bond donors (Lipinski definition) is 1. The van der Waals surface area contributed by atoms with Gasteiger partial charge in [0.05, 0.1) is 11.8 Å². The molecule has 3 heterocycles. The van der Waals surface area contributed by atoms with Crippen molar-refractivity contribution in [1.29, 1.82) is 0 Å². The number of rotatable bonds is 2. The Hall–Kier alpha value is -0.480. The molecule has 1 aromatic heterocycles. The number of aliphatic hydroxyl groups is 1. The van der Waals surface area contributed by atoms with Crippen LogP contribution in [0.4, 0.5) is 0 Å². The van der Waals surface area contributed by atoms with Gasteiger partial charge in [0.1, 0.15) is 0 Å². The molecule has 100 valence electrons. The Balaban J connectivity index is 1.84. The second kappa shape index (κ2) is 4.57. The van der Waals surface area contributed by atoms with Crippen molar-refractivity contribution in [3.05, 3.63) is 18.0 Å². The van der Waals surface area contributed by atoms with E-state index in [0.29, 0.717) is 16.5 Å². The highest BCUT2D eigenvalue weighted by molar-refractivity contribution is 8.00. The number of aromatic nitrogens is 2. The van der Waals surface area contributed by atoms with Crippen molar-refractivity contribution in [3.63, 3.8) is 0 Å². The molecular formula is C14H22N2OS. The van der Waals surface area contributed by atoms with Gasteiger partial charge in [-0.15, -0.1) is 0 Å². The molecule has 2 bridgehead atoms. The van der Waals surface area contributed by atoms with Crippen LogP contribution in [0.5, 0.6) is 0 Å². The quantitative estimate of drug-likeness (QED) is 0.894. The maximum atomic E-state index is 11.0. The van der Waals surface area contributed by atoms with Gasteiger partial charge >= 0.3 is 0 Å². The van der Waals surface area contributed by atoms with Crippen molar-refractivity contribution >= 4 is 11.8 Å². The Morgan fingerprint density at radius 1 is 1.39 bits per heavy atom. The smallest absolute Gasteiger partial charge is 0.0947 e. The average molecular weight is 266 g/mol. The summed E-state index contributed by atoms with van der Waals surface area (Å²) in [4.78, 5) is 0. The lowest BCUT2D eigenvalue weighted by Crippen LogP contribution is -2.40.